The van der Waals surface area contributed by atoms with Gasteiger partial charge >= 0.3 is 0 Å². The standard InChI is InChI=1S/C18H17NO3/c1-12-4-5-13(2)15(10-12)8-9-18(20)16-7-6-14(3)17(11-16)19(21)22/h4-11H,1-3H3. The maximum absolute atomic E-state index is 12.2. The molecule has 4 nitrogen and oxygen atoms in total. The van der Waals surface area contributed by atoms with Gasteiger partial charge < -0.3 is 0 Å². The Morgan fingerprint density at radius 2 is 1.73 bits per heavy atom. The van der Waals surface area contributed by atoms with Crippen LogP contribution in [0.2, 0.25) is 0 Å². The van der Waals surface area contributed by atoms with Crippen molar-refractivity contribution in [3.05, 3.63) is 80.4 Å². The highest BCUT2D eigenvalue weighted by Gasteiger charge is 2.13. The van der Waals surface area contributed by atoms with Gasteiger partial charge in [-0.05, 0) is 38.0 Å². The van der Waals surface area contributed by atoms with Crippen LogP contribution in [-0.2, 0) is 0 Å². The van der Waals surface area contributed by atoms with Gasteiger partial charge in [-0.2, -0.15) is 0 Å². The van der Waals surface area contributed by atoms with Crippen LogP contribution >= 0.6 is 0 Å². The van der Waals surface area contributed by atoms with E-state index in [1.54, 1.807) is 25.1 Å². The first-order valence-electron chi connectivity index (χ1n) is 6.93. The molecule has 0 aliphatic heterocycles. The first-order valence-corrected chi connectivity index (χ1v) is 6.93. The van der Waals surface area contributed by atoms with Crippen LogP contribution in [-0.4, -0.2) is 10.7 Å². The number of nitro benzene ring substituents is 1. The SMILES string of the molecule is Cc1ccc(C)c(C=CC(=O)c2ccc(C)c([N+](=O)[O-])c2)c1. The molecule has 0 aromatic heterocycles. The number of nitro groups is 1. The lowest BCUT2D eigenvalue weighted by molar-refractivity contribution is -0.385. The monoisotopic (exact) mass is 295 g/mol. The first kappa shape index (κ1) is 15.6. The molecule has 0 N–H and O–H groups in total. The molecule has 112 valence electrons. The molecule has 22 heavy (non-hydrogen) atoms. The minimum atomic E-state index is -0.472. The van der Waals surface area contributed by atoms with Crippen molar-refractivity contribution in [1.82, 2.24) is 0 Å². The van der Waals surface area contributed by atoms with Crippen LogP contribution in [0.3, 0.4) is 0 Å². The molecule has 0 amide bonds. The van der Waals surface area contributed by atoms with Crippen LogP contribution in [0, 0.1) is 30.9 Å². The lowest BCUT2D eigenvalue weighted by atomic mass is 10.0. The van der Waals surface area contributed by atoms with E-state index >= 15 is 0 Å². The molecule has 0 unspecified atom stereocenters. The van der Waals surface area contributed by atoms with Gasteiger partial charge in [0.15, 0.2) is 5.78 Å². The zero-order valence-corrected chi connectivity index (χ0v) is 12.8. The predicted octanol–water partition coefficient (Wildman–Crippen LogP) is 4.42. The third-order valence-corrected chi connectivity index (χ3v) is 3.54. The Labute approximate surface area is 129 Å². The molecular weight excluding hydrogens is 278 g/mol. The smallest absolute Gasteiger partial charge is 0.273 e. The van der Waals surface area contributed by atoms with Crippen molar-refractivity contribution in [2.24, 2.45) is 0 Å². The molecule has 0 saturated carbocycles. The van der Waals surface area contributed by atoms with Gasteiger partial charge in [-0.25, -0.2) is 0 Å². The third kappa shape index (κ3) is 3.47. The molecule has 2 rings (SSSR count). The number of carbonyl (C=O) groups is 1. The van der Waals surface area contributed by atoms with Crippen LogP contribution in [0.5, 0.6) is 0 Å². The zero-order valence-electron chi connectivity index (χ0n) is 12.8. The molecule has 0 bridgehead atoms. The van der Waals surface area contributed by atoms with Crippen LogP contribution < -0.4 is 0 Å². The molecule has 0 fully saturated rings. The number of ketones is 1. The van der Waals surface area contributed by atoms with E-state index in [1.807, 2.05) is 32.0 Å². The number of aryl methyl sites for hydroxylation is 3. The summed E-state index contributed by atoms with van der Waals surface area (Å²) < 4.78 is 0. The summed E-state index contributed by atoms with van der Waals surface area (Å²) in [6.45, 7) is 5.61. The summed E-state index contributed by atoms with van der Waals surface area (Å²) in [5.74, 6) is -0.246. The van der Waals surface area contributed by atoms with Gasteiger partial charge in [0.1, 0.15) is 0 Å². The van der Waals surface area contributed by atoms with Crippen LogP contribution in [0.1, 0.15) is 32.6 Å². The van der Waals surface area contributed by atoms with Crippen molar-refractivity contribution in [2.45, 2.75) is 20.8 Å². The summed E-state index contributed by atoms with van der Waals surface area (Å²) in [4.78, 5) is 22.7. The molecule has 0 aliphatic rings. The Morgan fingerprint density at radius 3 is 2.41 bits per heavy atom. The van der Waals surface area contributed by atoms with Crippen molar-refractivity contribution in [2.75, 3.05) is 0 Å². The molecule has 0 radical (unpaired) electrons. The lowest BCUT2D eigenvalue weighted by Crippen LogP contribution is -1.98. The minimum absolute atomic E-state index is 0.0361. The van der Waals surface area contributed by atoms with Gasteiger partial charge in [0, 0.05) is 17.2 Å². The van der Waals surface area contributed by atoms with E-state index in [9.17, 15) is 14.9 Å². The Hall–Kier alpha value is -2.75. The summed E-state index contributed by atoms with van der Waals surface area (Å²) in [7, 11) is 0. The summed E-state index contributed by atoms with van der Waals surface area (Å²) in [5.41, 5.74) is 3.98. The number of rotatable bonds is 4. The largest absolute Gasteiger partial charge is 0.289 e. The fraction of sp³-hybridized carbons (Fsp3) is 0.167. The van der Waals surface area contributed by atoms with E-state index in [2.05, 4.69) is 0 Å². The fourth-order valence-corrected chi connectivity index (χ4v) is 2.16. The molecule has 0 saturated heterocycles. The van der Waals surface area contributed by atoms with Crippen molar-refractivity contribution in [3.8, 4) is 0 Å². The van der Waals surface area contributed by atoms with Crippen LogP contribution in [0.25, 0.3) is 6.08 Å². The molecule has 2 aromatic carbocycles. The predicted molar refractivity (Wildman–Crippen MR) is 87.1 cm³/mol. The number of benzene rings is 2. The number of carbonyl (C=O) groups excluding carboxylic acids is 1. The fourth-order valence-electron chi connectivity index (χ4n) is 2.16. The van der Waals surface area contributed by atoms with Gasteiger partial charge in [-0.15, -0.1) is 0 Å². The Bertz CT molecular complexity index is 776. The van der Waals surface area contributed by atoms with Crippen molar-refractivity contribution < 1.29 is 9.72 Å². The Balaban J connectivity index is 2.29. The van der Waals surface area contributed by atoms with Crippen molar-refractivity contribution in [3.63, 3.8) is 0 Å². The highest BCUT2D eigenvalue weighted by atomic mass is 16.6. The average molecular weight is 295 g/mol. The van der Waals surface area contributed by atoms with E-state index in [4.69, 9.17) is 0 Å². The zero-order chi connectivity index (χ0) is 16.3. The molecule has 2 aromatic rings. The van der Waals surface area contributed by atoms with Gasteiger partial charge in [0.05, 0.1) is 4.92 Å². The summed E-state index contributed by atoms with van der Waals surface area (Å²) in [6, 6.07) is 10.5. The minimum Gasteiger partial charge on any atom is -0.289 e. The van der Waals surface area contributed by atoms with Crippen molar-refractivity contribution >= 4 is 17.5 Å². The number of allylic oxidation sites excluding steroid dienone is 1. The summed E-state index contributed by atoms with van der Waals surface area (Å²) >= 11 is 0. The quantitative estimate of drug-likeness (QED) is 0.363. The second-order valence-electron chi connectivity index (χ2n) is 5.32. The molecule has 4 heteroatoms. The van der Waals surface area contributed by atoms with E-state index < -0.39 is 4.92 Å². The first-order chi connectivity index (χ1) is 10.4. The highest BCUT2D eigenvalue weighted by molar-refractivity contribution is 6.07. The van der Waals surface area contributed by atoms with Gasteiger partial charge in [-0.3, -0.25) is 14.9 Å². The maximum Gasteiger partial charge on any atom is 0.273 e. The van der Waals surface area contributed by atoms with E-state index in [0.717, 1.165) is 16.7 Å². The summed E-state index contributed by atoms with van der Waals surface area (Å²) in [6.07, 6.45) is 3.20. The van der Waals surface area contributed by atoms with E-state index in [0.29, 0.717) is 11.1 Å². The lowest BCUT2D eigenvalue weighted by Gasteiger charge is -2.02. The average Bonchev–Trinajstić information content (AvgIpc) is 2.48. The molecule has 0 atom stereocenters. The normalized spacial score (nSPS) is 10.9. The molecule has 0 heterocycles. The third-order valence-electron chi connectivity index (χ3n) is 3.54. The number of hydrogen-bond acceptors (Lipinski definition) is 3. The number of hydrogen-bond donors (Lipinski definition) is 0. The second-order valence-corrected chi connectivity index (χ2v) is 5.32. The van der Waals surface area contributed by atoms with Crippen LogP contribution in [0.15, 0.2) is 42.5 Å². The Kier molecular flexibility index (Phi) is 4.51. The van der Waals surface area contributed by atoms with Gasteiger partial charge in [0.25, 0.3) is 5.69 Å². The Morgan fingerprint density at radius 1 is 1.05 bits per heavy atom. The topological polar surface area (TPSA) is 60.2 Å². The highest BCUT2D eigenvalue weighted by Crippen LogP contribution is 2.20. The number of nitrogens with zero attached hydrogens (tertiary/aromatic N) is 1. The molecular formula is C18H17NO3. The maximum atomic E-state index is 12.2. The summed E-state index contributed by atoms with van der Waals surface area (Å²) in [5, 5.41) is 10.9. The van der Waals surface area contributed by atoms with Gasteiger partial charge in [0.2, 0.25) is 0 Å². The van der Waals surface area contributed by atoms with Crippen molar-refractivity contribution in [1.29, 1.82) is 0 Å². The van der Waals surface area contributed by atoms with Crippen LogP contribution in [0.4, 0.5) is 5.69 Å². The molecule has 0 aliphatic carbocycles. The van der Waals surface area contributed by atoms with E-state index in [-0.39, 0.29) is 11.5 Å². The van der Waals surface area contributed by atoms with Gasteiger partial charge in [-0.1, -0.05) is 42.0 Å². The van der Waals surface area contributed by atoms with E-state index in [1.165, 1.54) is 12.1 Å². The second kappa shape index (κ2) is 6.35. The molecule has 0 spiro atoms.